The Morgan fingerprint density at radius 3 is 2.29 bits per heavy atom. The summed E-state index contributed by atoms with van der Waals surface area (Å²) in [4.78, 5) is 0. The molecule has 0 aromatic carbocycles. The van der Waals surface area contributed by atoms with Gasteiger partial charge in [-0.05, 0) is 13.5 Å². The Morgan fingerprint density at radius 1 is 1.86 bits per heavy atom. The van der Waals surface area contributed by atoms with E-state index in [4.69, 9.17) is 11.6 Å². The van der Waals surface area contributed by atoms with Crippen LogP contribution >= 0.6 is 11.6 Å². The number of nitrogens with one attached hydrogen (secondary N) is 1. The van der Waals surface area contributed by atoms with Crippen LogP contribution in [0.3, 0.4) is 0 Å². The summed E-state index contributed by atoms with van der Waals surface area (Å²) in [7, 11) is 2.90. The summed E-state index contributed by atoms with van der Waals surface area (Å²) >= 11 is 5.86. The van der Waals surface area contributed by atoms with Crippen LogP contribution in [0.2, 0.25) is 0 Å². The van der Waals surface area contributed by atoms with Gasteiger partial charge in [0.1, 0.15) is 0 Å². The minimum atomic E-state index is -0.0556. The number of halogens is 1. The Kier molecular flexibility index (Phi) is 2.88. The Hall–Kier alpha value is 0.467. The van der Waals surface area contributed by atoms with Gasteiger partial charge in [-0.1, -0.05) is 6.92 Å². The maximum Gasteiger partial charge on any atom is 0.0719 e. The van der Waals surface area contributed by atoms with E-state index in [0.717, 1.165) is 16.7 Å². The highest BCUT2D eigenvalue weighted by Crippen LogP contribution is 2.07. The average molecular weight is 138 g/mol. The Labute approximate surface area is 52.9 Å². The minimum absolute atomic E-state index is 0.0556. The molecule has 0 amide bonds. The molecule has 0 fully saturated rings. The molecule has 0 bridgehead atoms. The summed E-state index contributed by atoms with van der Waals surface area (Å²) in [5.41, 5.74) is 0. The molecular weight excluding hydrogens is 126 g/mol. The van der Waals surface area contributed by atoms with Crippen molar-refractivity contribution in [3.63, 3.8) is 0 Å². The van der Waals surface area contributed by atoms with Gasteiger partial charge in [0.2, 0.25) is 0 Å². The summed E-state index contributed by atoms with van der Waals surface area (Å²) in [6, 6.07) is 0. The van der Waals surface area contributed by atoms with Gasteiger partial charge in [0.15, 0.2) is 0 Å². The fourth-order valence-corrected chi connectivity index (χ4v) is 0.177. The SMILES string of the molecule is CCC([SiH3])(Cl)NC. The lowest BCUT2D eigenvalue weighted by Gasteiger charge is -2.17. The Balaban J connectivity index is 3.36. The van der Waals surface area contributed by atoms with Crippen molar-refractivity contribution >= 4 is 21.8 Å². The summed E-state index contributed by atoms with van der Waals surface area (Å²) in [5.74, 6) is 0. The Bertz CT molecular complexity index is 49.7. The summed E-state index contributed by atoms with van der Waals surface area (Å²) < 4.78 is -0.0556. The van der Waals surface area contributed by atoms with E-state index in [1.54, 1.807) is 0 Å². The van der Waals surface area contributed by atoms with Gasteiger partial charge in [0.25, 0.3) is 0 Å². The van der Waals surface area contributed by atoms with Crippen molar-refractivity contribution in [2.24, 2.45) is 0 Å². The highest BCUT2D eigenvalue weighted by molar-refractivity contribution is 6.44. The second-order valence-corrected chi connectivity index (χ2v) is 4.98. The third kappa shape index (κ3) is 3.09. The summed E-state index contributed by atoms with van der Waals surface area (Å²) in [6.45, 7) is 2.08. The standard InChI is InChI=1S/C4H12ClNSi/c1-3-4(5,7)6-2/h6H,3H2,1-2,7H3. The van der Waals surface area contributed by atoms with Crippen molar-refractivity contribution in [1.82, 2.24) is 5.32 Å². The predicted molar refractivity (Wildman–Crippen MR) is 37.9 cm³/mol. The van der Waals surface area contributed by atoms with Gasteiger partial charge in [0, 0.05) is 10.2 Å². The van der Waals surface area contributed by atoms with Crippen LogP contribution in [0.4, 0.5) is 0 Å². The van der Waals surface area contributed by atoms with Gasteiger partial charge in [-0.3, -0.25) is 0 Å². The van der Waals surface area contributed by atoms with Crippen LogP contribution in [-0.4, -0.2) is 21.9 Å². The first kappa shape index (κ1) is 7.47. The van der Waals surface area contributed by atoms with E-state index >= 15 is 0 Å². The molecule has 1 unspecified atom stereocenters. The first-order valence-electron chi connectivity index (χ1n) is 2.50. The lowest BCUT2D eigenvalue weighted by molar-refractivity contribution is 0.643. The molecule has 0 radical (unpaired) electrons. The van der Waals surface area contributed by atoms with E-state index in [2.05, 4.69) is 12.2 Å². The highest BCUT2D eigenvalue weighted by Gasteiger charge is 2.12. The third-order valence-electron chi connectivity index (χ3n) is 1.19. The maximum atomic E-state index is 5.86. The second-order valence-electron chi connectivity index (χ2n) is 1.80. The average Bonchev–Trinajstić information content (AvgIpc) is 1.68. The molecule has 0 heterocycles. The molecule has 0 aliphatic carbocycles. The van der Waals surface area contributed by atoms with E-state index in [9.17, 15) is 0 Å². The largest absolute Gasteiger partial charge is 0.306 e. The molecule has 1 N–H and O–H groups in total. The molecule has 0 rings (SSSR count). The monoisotopic (exact) mass is 137 g/mol. The fourth-order valence-electron chi connectivity index (χ4n) is 0.177. The molecule has 0 aromatic heterocycles. The van der Waals surface area contributed by atoms with E-state index in [0.29, 0.717) is 0 Å². The van der Waals surface area contributed by atoms with Crippen LogP contribution in [0.5, 0.6) is 0 Å². The molecule has 7 heavy (non-hydrogen) atoms. The van der Waals surface area contributed by atoms with Crippen LogP contribution in [-0.2, 0) is 0 Å². The van der Waals surface area contributed by atoms with Gasteiger partial charge in [0.05, 0.1) is 4.62 Å². The highest BCUT2D eigenvalue weighted by atomic mass is 35.5. The quantitative estimate of drug-likeness (QED) is 0.318. The second kappa shape index (κ2) is 2.70. The van der Waals surface area contributed by atoms with Crippen molar-refractivity contribution in [2.75, 3.05) is 7.05 Å². The number of hydrogen-bond donors (Lipinski definition) is 1. The lowest BCUT2D eigenvalue weighted by Crippen LogP contribution is -2.36. The molecule has 0 aromatic rings. The topological polar surface area (TPSA) is 12.0 Å². The zero-order valence-corrected chi connectivity index (χ0v) is 7.84. The van der Waals surface area contributed by atoms with Crippen molar-refractivity contribution in [3.05, 3.63) is 0 Å². The van der Waals surface area contributed by atoms with Crippen LogP contribution in [0.15, 0.2) is 0 Å². The smallest absolute Gasteiger partial charge is 0.0719 e. The first-order chi connectivity index (χ1) is 3.12. The van der Waals surface area contributed by atoms with Gasteiger partial charge < -0.3 is 5.32 Å². The van der Waals surface area contributed by atoms with Gasteiger partial charge in [-0.2, -0.15) is 0 Å². The maximum absolute atomic E-state index is 5.86. The molecule has 0 saturated carbocycles. The molecule has 44 valence electrons. The lowest BCUT2D eigenvalue weighted by atomic mass is 10.5. The number of rotatable bonds is 2. The van der Waals surface area contributed by atoms with Crippen molar-refractivity contribution < 1.29 is 0 Å². The zero-order valence-electron chi connectivity index (χ0n) is 5.09. The van der Waals surface area contributed by atoms with Crippen LogP contribution in [0, 0.1) is 0 Å². The number of alkyl halides is 1. The van der Waals surface area contributed by atoms with Crippen molar-refractivity contribution in [3.8, 4) is 0 Å². The molecule has 3 heteroatoms. The molecule has 0 spiro atoms. The van der Waals surface area contributed by atoms with Gasteiger partial charge in [-0.25, -0.2) is 0 Å². The van der Waals surface area contributed by atoms with E-state index in [1.807, 2.05) is 7.05 Å². The minimum Gasteiger partial charge on any atom is -0.306 e. The van der Waals surface area contributed by atoms with E-state index in [-0.39, 0.29) is 4.62 Å². The van der Waals surface area contributed by atoms with Crippen LogP contribution in [0.25, 0.3) is 0 Å². The number of hydrogen-bond acceptors (Lipinski definition) is 1. The van der Waals surface area contributed by atoms with Crippen molar-refractivity contribution in [1.29, 1.82) is 0 Å². The van der Waals surface area contributed by atoms with Gasteiger partial charge in [-0.15, -0.1) is 11.6 Å². The molecular formula is C4H12ClNSi. The van der Waals surface area contributed by atoms with E-state index in [1.165, 1.54) is 0 Å². The van der Waals surface area contributed by atoms with E-state index < -0.39 is 0 Å². The summed E-state index contributed by atoms with van der Waals surface area (Å²) in [6.07, 6.45) is 1.01. The molecule has 0 aliphatic heterocycles. The first-order valence-corrected chi connectivity index (χ1v) is 3.88. The third-order valence-corrected chi connectivity index (χ3v) is 2.85. The Morgan fingerprint density at radius 2 is 2.29 bits per heavy atom. The van der Waals surface area contributed by atoms with Crippen LogP contribution < -0.4 is 5.32 Å². The van der Waals surface area contributed by atoms with Crippen molar-refractivity contribution in [2.45, 2.75) is 18.0 Å². The fraction of sp³-hybridized carbons (Fsp3) is 1.00. The zero-order chi connectivity index (χ0) is 5.91. The van der Waals surface area contributed by atoms with Crippen LogP contribution in [0.1, 0.15) is 13.3 Å². The molecule has 1 atom stereocenters. The molecule has 0 aliphatic rings. The normalized spacial score (nSPS) is 19.3. The summed E-state index contributed by atoms with van der Waals surface area (Å²) in [5, 5.41) is 3.02. The molecule has 0 saturated heterocycles. The van der Waals surface area contributed by atoms with Gasteiger partial charge >= 0.3 is 0 Å². The predicted octanol–water partition coefficient (Wildman–Crippen LogP) is -0.126. The molecule has 1 nitrogen and oxygen atoms in total.